The van der Waals surface area contributed by atoms with Crippen molar-refractivity contribution in [3.05, 3.63) is 69.8 Å². The highest BCUT2D eigenvalue weighted by Gasteiger charge is 2.22. The second-order valence-corrected chi connectivity index (χ2v) is 6.16. The van der Waals surface area contributed by atoms with Gasteiger partial charge in [0.15, 0.2) is 6.61 Å². The average Bonchev–Trinajstić information content (AvgIpc) is 2.66. The molecule has 2 rings (SSSR count). The molecule has 0 unspecified atom stereocenters. The number of amides is 1. The third kappa shape index (κ3) is 5.27. The number of carbonyl (C=O) groups is 2. The second-order valence-electron chi connectivity index (χ2n) is 6.16. The number of nitro groups is 1. The number of anilines is 1. The smallest absolute Gasteiger partial charge is 0.345 e. The maximum absolute atomic E-state index is 12.2. The van der Waals surface area contributed by atoms with E-state index in [9.17, 15) is 19.7 Å². The van der Waals surface area contributed by atoms with Crippen molar-refractivity contribution in [1.29, 1.82) is 0 Å². The first-order chi connectivity index (χ1) is 12.8. The molecule has 2 aromatic carbocycles. The van der Waals surface area contributed by atoms with Gasteiger partial charge in [-0.05, 0) is 23.8 Å². The molecule has 0 fully saturated rings. The van der Waals surface area contributed by atoms with Crippen LogP contribution in [0.1, 0.15) is 15.9 Å². The topological polar surface area (TPSA) is 93.0 Å². The van der Waals surface area contributed by atoms with Crippen LogP contribution in [0.4, 0.5) is 11.4 Å². The maximum atomic E-state index is 12.2. The van der Waals surface area contributed by atoms with E-state index >= 15 is 0 Å². The van der Waals surface area contributed by atoms with Gasteiger partial charge in [0.05, 0.1) is 4.92 Å². The van der Waals surface area contributed by atoms with Gasteiger partial charge in [0, 0.05) is 39.4 Å². The van der Waals surface area contributed by atoms with Crippen LogP contribution in [0, 0.1) is 10.1 Å². The van der Waals surface area contributed by atoms with Crippen molar-refractivity contribution in [2.75, 3.05) is 32.6 Å². The van der Waals surface area contributed by atoms with Gasteiger partial charge in [-0.1, -0.05) is 24.3 Å². The third-order valence-electron chi connectivity index (χ3n) is 3.95. The van der Waals surface area contributed by atoms with E-state index in [0.29, 0.717) is 6.54 Å². The Kier molecular flexibility index (Phi) is 6.48. The van der Waals surface area contributed by atoms with Gasteiger partial charge in [-0.3, -0.25) is 14.9 Å². The Bertz CT molecular complexity index is 833. The third-order valence-corrected chi connectivity index (χ3v) is 3.95. The van der Waals surface area contributed by atoms with Crippen LogP contribution in [0.3, 0.4) is 0 Å². The van der Waals surface area contributed by atoms with Crippen LogP contribution < -0.4 is 4.90 Å². The number of nitrogens with zero attached hydrogens (tertiary/aromatic N) is 3. The van der Waals surface area contributed by atoms with Gasteiger partial charge < -0.3 is 14.5 Å². The van der Waals surface area contributed by atoms with Crippen molar-refractivity contribution in [1.82, 2.24) is 4.90 Å². The molecule has 0 N–H and O–H groups in total. The van der Waals surface area contributed by atoms with Crippen molar-refractivity contribution in [2.45, 2.75) is 6.54 Å². The molecule has 0 aliphatic heterocycles. The lowest BCUT2D eigenvalue weighted by atomic mass is 10.2. The molecule has 0 spiro atoms. The molecular formula is C19H21N3O5. The molecule has 0 saturated carbocycles. The molecule has 8 heteroatoms. The summed E-state index contributed by atoms with van der Waals surface area (Å²) in [5.74, 6) is -1.31. The summed E-state index contributed by atoms with van der Waals surface area (Å²) in [6.07, 6.45) is 0. The molecule has 0 saturated heterocycles. The summed E-state index contributed by atoms with van der Waals surface area (Å²) in [5, 5.41) is 11.0. The lowest BCUT2D eigenvalue weighted by molar-refractivity contribution is -0.385. The van der Waals surface area contributed by atoms with Gasteiger partial charge in [0.2, 0.25) is 0 Å². The lowest BCUT2D eigenvalue weighted by Gasteiger charge is -2.18. The molecular weight excluding hydrogens is 350 g/mol. The van der Waals surface area contributed by atoms with Gasteiger partial charge in [0.1, 0.15) is 5.56 Å². The summed E-state index contributed by atoms with van der Waals surface area (Å²) >= 11 is 0. The van der Waals surface area contributed by atoms with Gasteiger partial charge in [0.25, 0.3) is 11.6 Å². The number of likely N-dealkylation sites (N-methyl/N-ethyl adjacent to an activating group) is 1. The highest BCUT2D eigenvalue weighted by atomic mass is 16.6. The Hall–Kier alpha value is -3.42. The fraction of sp³-hybridized carbons (Fsp3) is 0.263. The van der Waals surface area contributed by atoms with Crippen molar-refractivity contribution in [2.24, 2.45) is 0 Å². The van der Waals surface area contributed by atoms with Crippen LogP contribution in [-0.2, 0) is 16.1 Å². The van der Waals surface area contributed by atoms with E-state index < -0.39 is 23.4 Å². The lowest BCUT2D eigenvalue weighted by Crippen LogP contribution is -2.30. The zero-order valence-electron chi connectivity index (χ0n) is 15.4. The largest absolute Gasteiger partial charge is 0.452 e. The number of ether oxygens (including phenoxy) is 1. The highest BCUT2D eigenvalue weighted by Crippen LogP contribution is 2.18. The van der Waals surface area contributed by atoms with Crippen molar-refractivity contribution >= 4 is 23.3 Å². The Labute approximate surface area is 157 Å². The highest BCUT2D eigenvalue weighted by molar-refractivity contribution is 5.95. The number of para-hydroxylation sites is 1. The summed E-state index contributed by atoms with van der Waals surface area (Å²) in [4.78, 5) is 37.9. The first-order valence-corrected chi connectivity index (χ1v) is 8.20. The zero-order valence-corrected chi connectivity index (χ0v) is 15.4. The summed E-state index contributed by atoms with van der Waals surface area (Å²) in [6, 6.07) is 13.2. The minimum atomic E-state index is -0.903. The number of benzene rings is 2. The molecule has 8 nitrogen and oxygen atoms in total. The normalized spacial score (nSPS) is 10.2. The van der Waals surface area contributed by atoms with Crippen molar-refractivity contribution < 1.29 is 19.2 Å². The van der Waals surface area contributed by atoms with Crippen LogP contribution in [0.5, 0.6) is 0 Å². The number of nitro benzene ring substituents is 1. The summed E-state index contributed by atoms with van der Waals surface area (Å²) in [6.45, 7) is -0.132. The standard InChI is InChI=1S/C19H21N3O5/c1-20(2)15-10-8-14(9-11-15)12-21(3)18(23)13-27-19(24)16-6-4-5-7-17(16)22(25)26/h4-11H,12-13H2,1-3H3. The number of esters is 1. The summed E-state index contributed by atoms with van der Waals surface area (Å²) in [5.41, 5.74) is 1.44. The molecule has 0 aliphatic rings. The van der Waals surface area contributed by atoms with E-state index in [1.54, 1.807) is 7.05 Å². The molecule has 0 heterocycles. The predicted octanol–water partition coefficient (Wildman–Crippen LogP) is 2.48. The first-order valence-electron chi connectivity index (χ1n) is 8.20. The monoisotopic (exact) mass is 371 g/mol. The molecule has 2 aromatic rings. The van der Waals surface area contributed by atoms with E-state index in [4.69, 9.17) is 4.74 Å². The van der Waals surface area contributed by atoms with Crippen LogP contribution >= 0.6 is 0 Å². The van der Waals surface area contributed by atoms with Crippen molar-refractivity contribution in [3.63, 3.8) is 0 Å². The minimum absolute atomic E-state index is 0.183. The Morgan fingerprint density at radius 3 is 2.26 bits per heavy atom. The van der Waals surface area contributed by atoms with Crippen LogP contribution in [0.15, 0.2) is 48.5 Å². The summed E-state index contributed by atoms with van der Waals surface area (Å²) < 4.78 is 4.95. The minimum Gasteiger partial charge on any atom is -0.452 e. The van der Waals surface area contributed by atoms with E-state index in [2.05, 4.69) is 0 Å². The molecule has 0 atom stereocenters. The fourth-order valence-electron chi connectivity index (χ4n) is 2.38. The Morgan fingerprint density at radius 2 is 1.67 bits per heavy atom. The van der Waals surface area contributed by atoms with Crippen LogP contribution in [0.2, 0.25) is 0 Å². The molecule has 0 bridgehead atoms. The average molecular weight is 371 g/mol. The first kappa shape index (κ1) is 19.9. The summed E-state index contributed by atoms with van der Waals surface area (Å²) in [7, 11) is 5.48. The number of rotatable bonds is 7. The van der Waals surface area contributed by atoms with Gasteiger partial charge in [-0.25, -0.2) is 4.79 Å². The molecule has 0 aliphatic carbocycles. The number of carbonyl (C=O) groups excluding carboxylic acids is 2. The van der Waals surface area contributed by atoms with Gasteiger partial charge in [-0.2, -0.15) is 0 Å². The second kappa shape index (κ2) is 8.79. The van der Waals surface area contributed by atoms with E-state index in [1.807, 2.05) is 43.3 Å². The molecule has 1 amide bonds. The van der Waals surface area contributed by atoms with Crippen molar-refractivity contribution in [3.8, 4) is 0 Å². The molecule has 0 aromatic heterocycles. The van der Waals surface area contributed by atoms with E-state index in [-0.39, 0.29) is 11.3 Å². The van der Waals surface area contributed by atoms with E-state index in [0.717, 1.165) is 11.3 Å². The van der Waals surface area contributed by atoms with Crippen LogP contribution in [-0.4, -0.2) is 49.4 Å². The SMILES string of the molecule is CN(Cc1ccc(N(C)C)cc1)C(=O)COC(=O)c1ccccc1[N+](=O)[O-]. The molecule has 0 radical (unpaired) electrons. The zero-order chi connectivity index (χ0) is 20.0. The van der Waals surface area contributed by atoms with Crippen LogP contribution in [0.25, 0.3) is 0 Å². The quantitative estimate of drug-likeness (QED) is 0.422. The number of hydrogen-bond donors (Lipinski definition) is 0. The predicted molar refractivity (Wildman–Crippen MR) is 101 cm³/mol. The van der Waals surface area contributed by atoms with Gasteiger partial charge >= 0.3 is 5.97 Å². The Balaban J connectivity index is 1.93. The Morgan fingerprint density at radius 1 is 1.04 bits per heavy atom. The molecule has 142 valence electrons. The van der Waals surface area contributed by atoms with Gasteiger partial charge in [-0.15, -0.1) is 0 Å². The van der Waals surface area contributed by atoms with E-state index in [1.165, 1.54) is 29.2 Å². The number of hydrogen-bond acceptors (Lipinski definition) is 6. The fourth-order valence-corrected chi connectivity index (χ4v) is 2.38. The molecule has 27 heavy (non-hydrogen) atoms. The maximum Gasteiger partial charge on any atom is 0.345 e.